The van der Waals surface area contributed by atoms with Crippen LogP contribution in [0.15, 0.2) is 18.7 Å². The minimum absolute atomic E-state index is 0.00763. The third-order valence-corrected chi connectivity index (χ3v) is 5.35. The van der Waals surface area contributed by atoms with Gasteiger partial charge in [-0.25, -0.2) is 14.8 Å². The van der Waals surface area contributed by atoms with Crippen LogP contribution in [0.25, 0.3) is 0 Å². The van der Waals surface area contributed by atoms with Crippen molar-refractivity contribution in [2.75, 3.05) is 7.05 Å². The molecule has 2 rings (SSSR count). The number of nitrogens with one attached hydrogen (secondary N) is 1. The van der Waals surface area contributed by atoms with Gasteiger partial charge in [-0.2, -0.15) is 0 Å². The Bertz CT molecular complexity index is 637. The lowest BCUT2D eigenvalue weighted by molar-refractivity contribution is 0.190. The second-order valence-corrected chi connectivity index (χ2v) is 6.92. The molecule has 2 amide bonds. The molecule has 0 fully saturated rings. The number of carbonyl (C=O) groups is 1. The minimum Gasteiger partial charge on any atom is -0.335 e. The number of aromatic nitrogens is 3. The zero-order chi connectivity index (χ0) is 17.0. The highest BCUT2D eigenvalue weighted by Crippen LogP contribution is 2.28. The fourth-order valence-electron chi connectivity index (χ4n) is 2.43. The average Bonchev–Trinajstić information content (AvgIpc) is 3.14. The number of hydrogen-bond acceptors (Lipinski definition) is 4. The summed E-state index contributed by atoms with van der Waals surface area (Å²) in [5, 5.41) is 4.15. The normalized spacial score (nSPS) is 13.6. The van der Waals surface area contributed by atoms with Crippen LogP contribution in [0.1, 0.15) is 42.4 Å². The molecule has 0 saturated heterocycles. The Morgan fingerprint density at radius 1 is 1.48 bits per heavy atom. The molecule has 2 heterocycles. The topological polar surface area (TPSA) is 63.1 Å². The monoisotopic (exact) mass is 335 g/mol. The van der Waals surface area contributed by atoms with Gasteiger partial charge in [0.05, 0.1) is 23.1 Å². The van der Waals surface area contributed by atoms with Crippen LogP contribution in [0.4, 0.5) is 4.79 Å². The van der Waals surface area contributed by atoms with Crippen LogP contribution < -0.4 is 5.32 Å². The number of aryl methyl sites for hydroxylation is 2. The Morgan fingerprint density at radius 2 is 2.22 bits per heavy atom. The number of hydrogen-bond donors (Lipinski definition) is 1. The van der Waals surface area contributed by atoms with E-state index in [4.69, 9.17) is 0 Å². The number of carbonyl (C=O) groups excluding carboxylic acids is 1. The first-order valence-electron chi connectivity index (χ1n) is 7.87. The van der Waals surface area contributed by atoms with Crippen molar-refractivity contribution in [1.29, 1.82) is 0 Å². The molecule has 1 N–H and O–H groups in total. The van der Waals surface area contributed by atoms with Crippen molar-refractivity contribution >= 4 is 17.4 Å². The van der Waals surface area contributed by atoms with Crippen LogP contribution in [-0.2, 0) is 13.0 Å². The largest absolute Gasteiger partial charge is 0.335 e. The second-order valence-electron chi connectivity index (χ2n) is 5.81. The molecule has 23 heavy (non-hydrogen) atoms. The molecule has 0 aliphatic carbocycles. The molecule has 0 spiro atoms. The molecule has 6 nitrogen and oxygen atoms in total. The van der Waals surface area contributed by atoms with Gasteiger partial charge in [0, 0.05) is 36.9 Å². The molecule has 0 unspecified atom stereocenters. The Kier molecular flexibility index (Phi) is 5.76. The average molecular weight is 335 g/mol. The molecule has 0 bridgehead atoms. The van der Waals surface area contributed by atoms with Gasteiger partial charge in [-0.3, -0.25) is 0 Å². The maximum Gasteiger partial charge on any atom is 0.317 e. The van der Waals surface area contributed by atoms with Gasteiger partial charge in [0.25, 0.3) is 0 Å². The van der Waals surface area contributed by atoms with Gasteiger partial charge in [0.1, 0.15) is 0 Å². The quantitative estimate of drug-likeness (QED) is 0.882. The lowest BCUT2D eigenvalue weighted by atomic mass is 10.2. The van der Waals surface area contributed by atoms with E-state index in [0.29, 0.717) is 6.54 Å². The van der Waals surface area contributed by atoms with E-state index in [0.717, 1.165) is 22.0 Å². The van der Waals surface area contributed by atoms with Crippen LogP contribution >= 0.6 is 11.3 Å². The third kappa shape index (κ3) is 4.31. The summed E-state index contributed by atoms with van der Waals surface area (Å²) in [5.74, 6) is 0. The molecule has 2 atom stereocenters. The van der Waals surface area contributed by atoms with Gasteiger partial charge in [0.15, 0.2) is 0 Å². The van der Waals surface area contributed by atoms with Crippen molar-refractivity contribution in [1.82, 2.24) is 24.8 Å². The number of nitrogens with zero attached hydrogens (tertiary/aromatic N) is 4. The molecular formula is C16H25N5OS. The summed E-state index contributed by atoms with van der Waals surface area (Å²) in [5.41, 5.74) is 1.02. The van der Waals surface area contributed by atoms with Crippen molar-refractivity contribution in [3.63, 3.8) is 0 Å². The summed E-state index contributed by atoms with van der Waals surface area (Å²) in [7, 11) is 1.83. The highest BCUT2D eigenvalue weighted by Gasteiger charge is 2.22. The van der Waals surface area contributed by atoms with Crippen molar-refractivity contribution in [2.24, 2.45) is 0 Å². The zero-order valence-electron chi connectivity index (χ0n) is 14.4. The number of urea groups is 1. The summed E-state index contributed by atoms with van der Waals surface area (Å²) >= 11 is 1.69. The summed E-state index contributed by atoms with van der Waals surface area (Å²) in [4.78, 5) is 23.9. The van der Waals surface area contributed by atoms with Crippen LogP contribution in [0.5, 0.6) is 0 Å². The van der Waals surface area contributed by atoms with Crippen molar-refractivity contribution < 1.29 is 4.79 Å². The number of thiazole rings is 1. The van der Waals surface area contributed by atoms with Crippen molar-refractivity contribution in [3.8, 4) is 0 Å². The highest BCUT2D eigenvalue weighted by atomic mass is 32.1. The van der Waals surface area contributed by atoms with E-state index in [-0.39, 0.29) is 18.1 Å². The van der Waals surface area contributed by atoms with E-state index in [1.807, 2.05) is 38.6 Å². The maximum absolute atomic E-state index is 12.5. The Morgan fingerprint density at radius 3 is 2.78 bits per heavy atom. The predicted molar refractivity (Wildman–Crippen MR) is 92.6 cm³/mol. The number of imidazole rings is 1. The molecule has 7 heteroatoms. The molecule has 2 aromatic rings. The fraction of sp³-hybridized carbons (Fsp3) is 0.562. The highest BCUT2D eigenvalue weighted by molar-refractivity contribution is 7.11. The van der Waals surface area contributed by atoms with Gasteiger partial charge in [-0.1, -0.05) is 6.92 Å². The van der Waals surface area contributed by atoms with Crippen LogP contribution in [0, 0.1) is 6.92 Å². The molecule has 0 saturated carbocycles. The SMILES string of the molecule is CCc1nc(C)c([C@H](C)N(C)C(=O)N[C@@H](C)Cn2ccnc2)s1. The van der Waals surface area contributed by atoms with Gasteiger partial charge < -0.3 is 14.8 Å². The van der Waals surface area contributed by atoms with Crippen LogP contribution in [-0.4, -0.2) is 38.6 Å². The lowest BCUT2D eigenvalue weighted by Crippen LogP contribution is -2.44. The van der Waals surface area contributed by atoms with Gasteiger partial charge in [0.2, 0.25) is 0 Å². The first-order valence-corrected chi connectivity index (χ1v) is 8.69. The molecule has 126 valence electrons. The van der Waals surface area contributed by atoms with E-state index in [9.17, 15) is 4.79 Å². The Hall–Kier alpha value is -1.89. The van der Waals surface area contributed by atoms with E-state index in [1.54, 1.807) is 28.8 Å². The Labute approximate surface area is 141 Å². The molecule has 0 radical (unpaired) electrons. The lowest BCUT2D eigenvalue weighted by Gasteiger charge is -2.26. The van der Waals surface area contributed by atoms with Gasteiger partial charge in [-0.05, 0) is 27.2 Å². The summed E-state index contributed by atoms with van der Waals surface area (Å²) in [6, 6.07) is -0.0377. The first-order chi connectivity index (χ1) is 10.9. The molecular weight excluding hydrogens is 310 g/mol. The molecule has 0 aliphatic heterocycles. The van der Waals surface area contributed by atoms with Crippen LogP contribution in [0.2, 0.25) is 0 Å². The minimum atomic E-state index is -0.0732. The van der Waals surface area contributed by atoms with Gasteiger partial charge in [-0.15, -0.1) is 11.3 Å². The summed E-state index contributed by atoms with van der Waals surface area (Å²) in [6.45, 7) is 8.84. The zero-order valence-corrected chi connectivity index (χ0v) is 15.2. The smallest absolute Gasteiger partial charge is 0.317 e. The second kappa shape index (κ2) is 7.59. The number of amides is 2. The molecule has 2 aromatic heterocycles. The van der Waals surface area contributed by atoms with Crippen molar-refractivity contribution in [3.05, 3.63) is 34.3 Å². The first kappa shape index (κ1) is 17.5. The van der Waals surface area contributed by atoms with Crippen LogP contribution in [0.3, 0.4) is 0 Å². The van der Waals surface area contributed by atoms with Gasteiger partial charge >= 0.3 is 6.03 Å². The fourth-order valence-corrected chi connectivity index (χ4v) is 3.53. The Balaban J connectivity index is 1.96. The standard InChI is InChI=1S/C16H25N5OS/c1-6-14-19-12(3)15(23-14)13(4)20(5)16(22)18-11(2)9-21-8-7-17-10-21/h7-8,10-11,13H,6,9H2,1-5H3,(H,18,22)/t11-,13-/m0/s1. The predicted octanol–water partition coefficient (Wildman–Crippen LogP) is 3.00. The van der Waals surface area contributed by atoms with E-state index >= 15 is 0 Å². The van der Waals surface area contributed by atoms with E-state index in [2.05, 4.69) is 22.2 Å². The van der Waals surface area contributed by atoms with E-state index < -0.39 is 0 Å². The number of rotatable bonds is 6. The molecule has 0 aromatic carbocycles. The van der Waals surface area contributed by atoms with Crippen molar-refractivity contribution in [2.45, 2.75) is 52.7 Å². The summed E-state index contributed by atoms with van der Waals surface area (Å²) < 4.78 is 1.95. The third-order valence-electron chi connectivity index (χ3n) is 3.87. The molecule has 0 aliphatic rings. The van der Waals surface area contributed by atoms with E-state index in [1.165, 1.54) is 0 Å². The summed E-state index contributed by atoms with van der Waals surface area (Å²) in [6.07, 6.45) is 6.31. The maximum atomic E-state index is 12.5.